The predicted octanol–water partition coefficient (Wildman–Crippen LogP) is 4.45. The number of hydrogen-bond donors (Lipinski definition) is 2. The van der Waals surface area contributed by atoms with E-state index >= 15 is 0 Å². The summed E-state index contributed by atoms with van der Waals surface area (Å²) in [5, 5.41) is 13.4. The highest BCUT2D eigenvalue weighted by molar-refractivity contribution is 5.92. The lowest BCUT2D eigenvalue weighted by molar-refractivity contribution is -0.0502. The third-order valence-electron chi connectivity index (χ3n) is 8.08. The molecule has 4 aliphatic rings. The van der Waals surface area contributed by atoms with E-state index in [9.17, 15) is 0 Å². The minimum atomic E-state index is -0.170. The zero-order valence-electron chi connectivity index (χ0n) is 24.7. The van der Waals surface area contributed by atoms with Gasteiger partial charge >= 0.3 is 0 Å². The second-order valence-corrected chi connectivity index (χ2v) is 10.8. The molecule has 5 heterocycles. The monoisotopic (exact) mass is 569 g/mol. The van der Waals surface area contributed by atoms with Crippen LogP contribution in [0.3, 0.4) is 0 Å². The number of aromatic nitrogens is 2. The zero-order chi connectivity index (χ0) is 29.1. The maximum absolute atomic E-state index is 6.31. The van der Waals surface area contributed by atoms with Crippen LogP contribution in [0.15, 0.2) is 70.0 Å². The van der Waals surface area contributed by atoms with Crippen molar-refractivity contribution in [3.05, 3.63) is 71.2 Å². The van der Waals surface area contributed by atoms with Crippen LogP contribution in [-0.2, 0) is 4.74 Å². The lowest BCUT2D eigenvalue weighted by Crippen LogP contribution is -2.60. The molecule has 2 unspecified atom stereocenters. The average Bonchev–Trinajstić information content (AvgIpc) is 3.02. The van der Waals surface area contributed by atoms with E-state index in [1.54, 1.807) is 12.5 Å². The summed E-state index contributed by atoms with van der Waals surface area (Å²) >= 11 is 0. The molecule has 0 spiro atoms. The fraction of sp³-hybridized carbons (Fsp3) is 0.419. The summed E-state index contributed by atoms with van der Waals surface area (Å²) < 4.78 is 12.0. The molecule has 2 aromatic rings. The normalized spacial score (nSPS) is 23.7. The van der Waals surface area contributed by atoms with Gasteiger partial charge in [-0.3, -0.25) is 14.8 Å². The third-order valence-corrected chi connectivity index (χ3v) is 8.08. The van der Waals surface area contributed by atoms with Crippen molar-refractivity contribution in [2.45, 2.75) is 46.4 Å². The number of fused-ring (bicyclic) bond motifs is 2. The molecule has 6 rings (SSSR count). The lowest BCUT2D eigenvalue weighted by atomic mass is 10.1. The van der Waals surface area contributed by atoms with Gasteiger partial charge < -0.3 is 20.1 Å². The number of piperazine rings is 1. The quantitative estimate of drug-likeness (QED) is 0.468. The number of ether oxygens (including phenoxy) is 2. The van der Waals surface area contributed by atoms with Crippen LogP contribution < -0.4 is 15.4 Å². The van der Waals surface area contributed by atoms with Crippen molar-refractivity contribution in [2.24, 2.45) is 10.1 Å². The van der Waals surface area contributed by atoms with Gasteiger partial charge in [0.1, 0.15) is 29.2 Å². The molecule has 220 valence electrons. The van der Waals surface area contributed by atoms with Crippen LogP contribution in [0.25, 0.3) is 0 Å². The molecule has 1 aromatic heterocycles. The van der Waals surface area contributed by atoms with Crippen LogP contribution in [0.5, 0.6) is 5.75 Å². The van der Waals surface area contributed by atoms with Crippen molar-refractivity contribution in [2.75, 3.05) is 50.0 Å². The lowest BCUT2D eigenvalue weighted by Gasteiger charge is -2.45. The van der Waals surface area contributed by atoms with E-state index in [-0.39, 0.29) is 6.29 Å². The third kappa shape index (κ3) is 5.94. The molecule has 0 bridgehead atoms. The number of aliphatic imine (C=N–C) groups is 1. The highest BCUT2D eigenvalue weighted by Gasteiger charge is 2.34. The average molecular weight is 570 g/mol. The molecule has 4 aliphatic heterocycles. The van der Waals surface area contributed by atoms with Gasteiger partial charge in [-0.1, -0.05) is 6.92 Å². The topological polar surface area (TPSA) is 103 Å². The molecule has 0 saturated carbocycles. The number of aryl methyl sites for hydroxylation is 1. The molecule has 1 aromatic carbocycles. The number of allylic oxidation sites excluding steroid dienone is 3. The molecule has 2 fully saturated rings. The van der Waals surface area contributed by atoms with E-state index in [2.05, 4.69) is 55.4 Å². The van der Waals surface area contributed by atoms with Crippen LogP contribution in [0.2, 0.25) is 0 Å². The zero-order valence-corrected chi connectivity index (χ0v) is 24.7. The standard InChI is InChI=1S/C31H39N9O2/c1-5-21(3)27-16-25(9-10-40(27)35-6-2)42-28-8-7-23(15-22(28)4)36-30-29-26(33-20-34-30)17-32-31(37-29)39-12-11-38-13-14-41-19-24(38)18-39/h6-10,15-17,20,24,31,37H,5,11-14,18-19H2,1-4H3,(H,33,34,36)/b27-21?,35-6-. The first-order valence-corrected chi connectivity index (χ1v) is 14.7. The Hall–Kier alpha value is -4.06. The Labute approximate surface area is 247 Å². The maximum Gasteiger partial charge on any atom is 0.176 e. The van der Waals surface area contributed by atoms with Crippen molar-refractivity contribution >= 4 is 29.6 Å². The van der Waals surface area contributed by atoms with Crippen LogP contribution in [0, 0.1) is 6.92 Å². The Kier molecular flexibility index (Phi) is 8.31. The number of anilines is 3. The van der Waals surface area contributed by atoms with E-state index in [0.29, 0.717) is 11.9 Å². The molecular formula is C31H39N9O2. The van der Waals surface area contributed by atoms with Crippen LogP contribution in [0.1, 0.15) is 38.4 Å². The number of hydrogen-bond acceptors (Lipinski definition) is 11. The molecule has 42 heavy (non-hydrogen) atoms. The SMILES string of the molecule is C/C=N\N1C=CC(Oc2ccc(Nc3ncnc4c3NC(N3CCN5CCOCC5C3)N=C4)cc2C)=CC1=C(C)CC. The van der Waals surface area contributed by atoms with Gasteiger partial charge in [-0.05, 0) is 62.6 Å². The van der Waals surface area contributed by atoms with E-state index in [4.69, 9.17) is 14.5 Å². The first-order valence-electron chi connectivity index (χ1n) is 14.7. The van der Waals surface area contributed by atoms with Crippen LogP contribution in [-0.4, -0.2) is 88.9 Å². The predicted molar refractivity (Wildman–Crippen MR) is 166 cm³/mol. The first-order chi connectivity index (χ1) is 20.5. The van der Waals surface area contributed by atoms with E-state index in [0.717, 1.165) is 85.7 Å². The Morgan fingerprint density at radius 3 is 2.95 bits per heavy atom. The maximum atomic E-state index is 6.31. The molecule has 2 N–H and O–H groups in total. The van der Waals surface area contributed by atoms with Gasteiger partial charge in [-0.25, -0.2) is 15.0 Å². The Balaban J connectivity index is 1.15. The molecule has 2 atom stereocenters. The van der Waals surface area contributed by atoms with Gasteiger partial charge in [-0.15, -0.1) is 0 Å². The van der Waals surface area contributed by atoms with E-state index in [1.165, 1.54) is 5.57 Å². The Morgan fingerprint density at radius 1 is 1.24 bits per heavy atom. The molecule has 0 radical (unpaired) electrons. The molecule has 0 amide bonds. The van der Waals surface area contributed by atoms with Gasteiger partial charge in [0, 0.05) is 56.4 Å². The smallest absolute Gasteiger partial charge is 0.176 e. The van der Waals surface area contributed by atoms with E-state index < -0.39 is 0 Å². The summed E-state index contributed by atoms with van der Waals surface area (Å²) in [6.45, 7) is 13.7. The molecule has 2 saturated heterocycles. The summed E-state index contributed by atoms with van der Waals surface area (Å²) in [5.74, 6) is 2.27. The van der Waals surface area contributed by atoms with Crippen molar-refractivity contribution in [1.29, 1.82) is 0 Å². The van der Waals surface area contributed by atoms with Gasteiger partial charge in [0.15, 0.2) is 12.1 Å². The number of rotatable bonds is 7. The fourth-order valence-electron chi connectivity index (χ4n) is 5.59. The summed E-state index contributed by atoms with van der Waals surface area (Å²) in [7, 11) is 0. The van der Waals surface area contributed by atoms with Gasteiger partial charge in [0.25, 0.3) is 0 Å². The number of hydrazone groups is 1. The van der Waals surface area contributed by atoms with Crippen LogP contribution >= 0.6 is 0 Å². The summed E-state index contributed by atoms with van der Waals surface area (Å²) in [6, 6.07) is 6.45. The summed E-state index contributed by atoms with van der Waals surface area (Å²) in [6.07, 6.45) is 11.9. The second kappa shape index (κ2) is 12.4. The minimum absolute atomic E-state index is 0.170. The largest absolute Gasteiger partial charge is 0.457 e. The molecule has 11 heteroatoms. The fourth-order valence-corrected chi connectivity index (χ4v) is 5.59. The van der Waals surface area contributed by atoms with Gasteiger partial charge in [-0.2, -0.15) is 5.10 Å². The Morgan fingerprint density at radius 2 is 2.12 bits per heavy atom. The summed E-state index contributed by atoms with van der Waals surface area (Å²) in [4.78, 5) is 18.7. The molecule has 11 nitrogen and oxygen atoms in total. The minimum Gasteiger partial charge on any atom is -0.457 e. The summed E-state index contributed by atoms with van der Waals surface area (Å²) in [5.41, 5.74) is 5.80. The van der Waals surface area contributed by atoms with Crippen molar-refractivity contribution in [1.82, 2.24) is 24.8 Å². The number of nitrogens with zero attached hydrogens (tertiary/aromatic N) is 7. The second-order valence-electron chi connectivity index (χ2n) is 10.8. The van der Waals surface area contributed by atoms with Crippen molar-refractivity contribution in [3.8, 4) is 5.75 Å². The number of nitrogens with one attached hydrogen (secondary N) is 2. The number of benzene rings is 1. The Bertz CT molecular complexity index is 1460. The van der Waals surface area contributed by atoms with Crippen molar-refractivity contribution in [3.63, 3.8) is 0 Å². The van der Waals surface area contributed by atoms with Crippen molar-refractivity contribution < 1.29 is 9.47 Å². The first kappa shape index (κ1) is 28.1. The number of morpholine rings is 1. The molecular weight excluding hydrogens is 530 g/mol. The highest BCUT2D eigenvalue weighted by Crippen LogP contribution is 2.32. The van der Waals surface area contributed by atoms with Gasteiger partial charge in [0.2, 0.25) is 0 Å². The van der Waals surface area contributed by atoms with E-state index in [1.807, 2.05) is 55.6 Å². The van der Waals surface area contributed by atoms with Crippen LogP contribution in [0.4, 0.5) is 17.2 Å². The molecule has 0 aliphatic carbocycles. The van der Waals surface area contributed by atoms with Gasteiger partial charge in [0.05, 0.1) is 25.1 Å². The highest BCUT2D eigenvalue weighted by atomic mass is 16.5.